The van der Waals surface area contributed by atoms with Crippen molar-refractivity contribution in [2.45, 2.75) is 26.5 Å². The van der Waals surface area contributed by atoms with Gasteiger partial charge in [0.15, 0.2) is 0 Å². The largest absolute Gasteiger partial charge is 0.488 e. The molecule has 2 aromatic rings. The summed E-state index contributed by atoms with van der Waals surface area (Å²) < 4.78 is 5.76. The molecular weight excluding hydrogens is 266 g/mol. The summed E-state index contributed by atoms with van der Waals surface area (Å²) in [6.45, 7) is 3.25. The molecule has 1 aromatic heterocycles. The van der Waals surface area contributed by atoms with E-state index < -0.39 is 0 Å². The Morgan fingerprint density at radius 1 is 1.22 bits per heavy atom. The van der Waals surface area contributed by atoms with Crippen LogP contribution >= 0.6 is 22.9 Å². The first-order valence-corrected chi connectivity index (χ1v) is 7.11. The topological polar surface area (TPSA) is 35.2 Å². The van der Waals surface area contributed by atoms with Crippen molar-refractivity contribution in [3.8, 4) is 5.75 Å². The van der Waals surface area contributed by atoms with Gasteiger partial charge in [0, 0.05) is 21.3 Å². The zero-order valence-electron chi connectivity index (χ0n) is 10.3. The highest BCUT2D eigenvalue weighted by Crippen LogP contribution is 2.24. The van der Waals surface area contributed by atoms with E-state index in [1.54, 1.807) is 11.3 Å². The highest BCUT2D eigenvalue weighted by atomic mass is 35.5. The molecule has 0 saturated carbocycles. The standard InChI is InChI=1S/C14H16ClNOS/c1-2-10-7-11(3-6-14(10)15)17-9-13-5-4-12(8-16)18-13/h3-7H,2,8-9,16H2,1H3. The second kappa shape index (κ2) is 6.23. The van der Waals surface area contributed by atoms with Gasteiger partial charge >= 0.3 is 0 Å². The van der Waals surface area contributed by atoms with Crippen molar-refractivity contribution in [2.24, 2.45) is 5.73 Å². The number of hydrogen-bond donors (Lipinski definition) is 1. The van der Waals surface area contributed by atoms with Crippen LogP contribution in [0.3, 0.4) is 0 Å². The molecule has 0 fully saturated rings. The molecule has 2 N–H and O–H groups in total. The molecule has 0 bridgehead atoms. The van der Waals surface area contributed by atoms with Gasteiger partial charge in [-0.25, -0.2) is 0 Å². The van der Waals surface area contributed by atoms with E-state index in [2.05, 4.69) is 13.0 Å². The number of halogens is 1. The highest BCUT2D eigenvalue weighted by molar-refractivity contribution is 7.11. The van der Waals surface area contributed by atoms with E-state index >= 15 is 0 Å². The third kappa shape index (κ3) is 3.25. The molecule has 0 aliphatic carbocycles. The van der Waals surface area contributed by atoms with Gasteiger partial charge in [-0.05, 0) is 42.3 Å². The smallest absolute Gasteiger partial charge is 0.122 e. The minimum absolute atomic E-state index is 0.579. The van der Waals surface area contributed by atoms with Crippen molar-refractivity contribution in [3.05, 3.63) is 50.7 Å². The van der Waals surface area contributed by atoms with Gasteiger partial charge in [-0.2, -0.15) is 0 Å². The van der Waals surface area contributed by atoms with E-state index in [0.717, 1.165) is 22.8 Å². The SMILES string of the molecule is CCc1cc(OCc2ccc(CN)s2)ccc1Cl. The third-order valence-corrected chi connectivity index (χ3v) is 4.15. The quantitative estimate of drug-likeness (QED) is 0.899. The van der Waals surface area contributed by atoms with Crippen molar-refractivity contribution in [3.63, 3.8) is 0 Å². The fraction of sp³-hybridized carbons (Fsp3) is 0.286. The maximum atomic E-state index is 6.07. The molecule has 0 spiro atoms. The molecule has 0 aliphatic heterocycles. The van der Waals surface area contributed by atoms with E-state index in [9.17, 15) is 0 Å². The number of ether oxygens (including phenoxy) is 1. The summed E-state index contributed by atoms with van der Waals surface area (Å²) in [5, 5.41) is 0.798. The summed E-state index contributed by atoms with van der Waals surface area (Å²) in [6.07, 6.45) is 0.909. The number of nitrogens with two attached hydrogens (primary N) is 1. The first kappa shape index (κ1) is 13.4. The van der Waals surface area contributed by atoms with Crippen LogP contribution in [-0.2, 0) is 19.6 Å². The van der Waals surface area contributed by atoms with Gasteiger partial charge in [-0.15, -0.1) is 11.3 Å². The number of thiophene rings is 1. The van der Waals surface area contributed by atoms with Crippen LogP contribution in [0.5, 0.6) is 5.75 Å². The van der Waals surface area contributed by atoms with Crippen molar-refractivity contribution in [1.29, 1.82) is 0 Å². The van der Waals surface area contributed by atoms with Gasteiger partial charge < -0.3 is 10.5 Å². The third-order valence-electron chi connectivity index (χ3n) is 2.70. The minimum atomic E-state index is 0.579. The maximum absolute atomic E-state index is 6.07. The van der Waals surface area contributed by atoms with Crippen molar-refractivity contribution < 1.29 is 4.74 Å². The van der Waals surface area contributed by atoms with Gasteiger partial charge in [0.1, 0.15) is 12.4 Å². The van der Waals surface area contributed by atoms with Crippen molar-refractivity contribution in [2.75, 3.05) is 0 Å². The average Bonchev–Trinajstić information content (AvgIpc) is 2.86. The molecule has 96 valence electrons. The van der Waals surface area contributed by atoms with Crippen LogP contribution in [0.25, 0.3) is 0 Å². The fourth-order valence-corrected chi connectivity index (χ4v) is 2.74. The second-order valence-electron chi connectivity index (χ2n) is 3.97. The Labute approximate surface area is 116 Å². The summed E-state index contributed by atoms with van der Waals surface area (Å²) >= 11 is 7.76. The molecule has 0 unspecified atom stereocenters. The molecule has 1 aromatic carbocycles. The summed E-state index contributed by atoms with van der Waals surface area (Å²) in [4.78, 5) is 2.36. The molecule has 2 rings (SSSR count). The Kier molecular flexibility index (Phi) is 4.64. The molecule has 0 saturated heterocycles. The molecule has 0 amide bonds. The highest BCUT2D eigenvalue weighted by Gasteiger charge is 2.03. The van der Waals surface area contributed by atoms with E-state index in [0.29, 0.717) is 13.2 Å². The van der Waals surface area contributed by atoms with Gasteiger partial charge in [0.25, 0.3) is 0 Å². The normalized spacial score (nSPS) is 10.6. The molecule has 4 heteroatoms. The second-order valence-corrected chi connectivity index (χ2v) is 5.63. The first-order valence-electron chi connectivity index (χ1n) is 5.91. The van der Waals surface area contributed by atoms with E-state index in [1.165, 1.54) is 9.75 Å². The predicted molar refractivity (Wildman–Crippen MR) is 77.4 cm³/mol. The van der Waals surface area contributed by atoms with Crippen LogP contribution < -0.4 is 10.5 Å². The summed E-state index contributed by atoms with van der Waals surface area (Å²) in [7, 11) is 0. The number of aryl methyl sites for hydroxylation is 1. The molecule has 1 heterocycles. The fourth-order valence-electron chi connectivity index (χ4n) is 1.68. The van der Waals surface area contributed by atoms with Gasteiger partial charge in [-0.1, -0.05) is 18.5 Å². The molecular formula is C14H16ClNOS. The molecule has 0 aliphatic rings. The van der Waals surface area contributed by atoms with Crippen LogP contribution in [0.1, 0.15) is 22.2 Å². The van der Waals surface area contributed by atoms with Crippen molar-refractivity contribution >= 4 is 22.9 Å². The molecule has 0 radical (unpaired) electrons. The average molecular weight is 282 g/mol. The van der Waals surface area contributed by atoms with Crippen molar-refractivity contribution in [1.82, 2.24) is 0 Å². The Morgan fingerprint density at radius 3 is 2.67 bits per heavy atom. The molecule has 18 heavy (non-hydrogen) atoms. The van der Waals surface area contributed by atoms with Gasteiger partial charge in [0.2, 0.25) is 0 Å². The van der Waals surface area contributed by atoms with Crippen LogP contribution in [0, 0.1) is 0 Å². The monoisotopic (exact) mass is 281 g/mol. The Hall–Kier alpha value is -1.03. The summed E-state index contributed by atoms with van der Waals surface area (Å²) in [6, 6.07) is 9.89. The Balaban J connectivity index is 2.01. The summed E-state index contributed by atoms with van der Waals surface area (Å²) in [5.74, 6) is 0.860. The number of rotatable bonds is 5. The Morgan fingerprint density at radius 2 is 2.00 bits per heavy atom. The van der Waals surface area contributed by atoms with Crippen LogP contribution in [0.2, 0.25) is 5.02 Å². The lowest BCUT2D eigenvalue weighted by Crippen LogP contribution is -1.94. The Bertz CT molecular complexity index is 524. The lowest BCUT2D eigenvalue weighted by atomic mass is 10.1. The predicted octanol–water partition coefficient (Wildman–Crippen LogP) is 4.00. The van der Waals surface area contributed by atoms with E-state index in [-0.39, 0.29) is 0 Å². The van der Waals surface area contributed by atoms with E-state index in [4.69, 9.17) is 22.1 Å². The number of hydrogen-bond acceptors (Lipinski definition) is 3. The van der Waals surface area contributed by atoms with Gasteiger partial charge in [-0.3, -0.25) is 0 Å². The van der Waals surface area contributed by atoms with Crippen LogP contribution in [0.15, 0.2) is 30.3 Å². The van der Waals surface area contributed by atoms with Gasteiger partial charge in [0.05, 0.1) is 0 Å². The molecule has 0 atom stereocenters. The lowest BCUT2D eigenvalue weighted by Gasteiger charge is -2.07. The van der Waals surface area contributed by atoms with E-state index in [1.807, 2.05) is 24.3 Å². The molecule has 2 nitrogen and oxygen atoms in total. The zero-order chi connectivity index (χ0) is 13.0. The first-order chi connectivity index (χ1) is 8.72. The van der Waals surface area contributed by atoms with Crippen LogP contribution in [-0.4, -0.2) is 0 Å². The lowest BCUT2D eigenvalue weighted by molar-refractivity contribution is 0.309. The van der Waals surface area contributed by atoms with Crippen LogP contribution in [0.4, 0.5) is 0 Å². The maximum Gasteiger partial charge on any atom is 0.122 e. The zero-order valence-corrected chi connectivity index (χ0v) is 11.9. The summed E-state index contributed by atoms with van der Waals surface area (Å²) in [5.41, 5.74) is 6.69. The minimum Gasteiger partial charge on any atom is -0.488 e. The number of benzene rings is 1.